The number of hydrogen-bond donors (Lipinski definition) is 1. The van der Waals surface area contributed by atoms with Crippen LogP contribution in [0.3, 0.4) is 0 Å². The van der Waals surface area contributed by atoms with Gasteiger partial charge in [-0.05, 0) is 36.7 Å². The summed E-state index contributed by atoms with van der Waals surface area (Å²) in [6.07, 6.45) is 0.845. The van der Waals surface area contributed by atoms with E-state index in [0.717, 1.165) is 33.0 Å². The Morgan fingerprint density at radius 1 is 1.30 bits per heavy atom. The molecule has 0 bridgehead atoms. The summed E-state index contributed by atoms with van der Waals surface area (Å²) in [6, 6.07) is 10.2. The van der Waals surface area contributed by atoms with E-state index >= 15 is 0 Å². The Labute approximate surface area is 133 Å². The Morgan fingerprint density at radius 2 is 2.10 bits per heavy atom. The molecule has 108 valence electrons. The maximum Gasteiger partial charge on any atom is 0.119 e. The minimum Gasteiger partial charge on any atom is -0.497 e. The van der Waals surface area contributed by atoms with Crippen LogP contribution >= 0.6 is 34.5 Å². The molecule has 0 amide bonds. The predicted octanol–water partition coefficient (Wildman–Crippen LogP) is 4.96. The topological polar surface area (TPSA) is 21.3 Å². The molecule has 1 aromatic carbocycles. The number of rotatable bonds is 6. The van der Waals surface area contributed by atoms with Crippen molar-refractivity contribution in [3.63, 3.8) is 0 Å². The molecule has 5 heteroatoms. The normalized spacial score (nSPS) is 12.4. The van der Waals surface area contributed by atoms with Gasteiger partial charge >= 0.3 is 0 Å². The molecule has 0 aliphatic rings. The molecule has 0 saturated carbocycles. The third-order valence-corrected chi connectivity index (χ3v) is 4.60. The highest BCUT2D eigenvalue weighted by atomic mass is 35.5. The van der Waals surface area contributed by atoms with Crippen LogP contribution < -0.4 is 10.1 Å². The number of thiophene rings is 1. The lowest BCUT2D eigenvalue weighted by Crippen LogP contribution is -2.22. The lowest BCUT2D eigenvalue weighted by molar-refractivity contribution is 0.414. The molecule has 0 aliphatic heterocycles. The largest absolute Gasteiger partial charge is 0.497 e. The Kier molecular flexibility index (Phi) is 5.73. The minimum absolute atomic E-state index is 0.156. The van der Waals surface area contributed by atoms with Crippen molar-refractivity contribution in [1.82, 2.24) is 5.32 Å². The third kappa shape index (κ3) is 3.89. The molecule has 2 rings (SSSR count). The maximum atomic E-state index is 6.27. The van der Waals surface area contributed by atoms with Crippen molar-refractivity contribution in [2.45, 2.75) is 19.4 Å². The van der Waals surface area contributed by atoms with Crippen LogP contribution in [0.5, 0.6) is 5.75 Å². The Balaban J connectivity index is 2.22. The van der Waals surface area contributed by atoms with E-state index in [1.54, 1.807) is 7.11 Å². The highest BCUT2D eigenvalue weighted by Crippen LogP contribution is 2.36. The van der Waals surface area contributed by atoms with Gasteiger partial charge in [-0.2, -0.15) is 0 Å². The van der Waals surface area contributed by atoms with Gasteiger partial charge in [0.15, 0.2) is 0 Å². The van der Waals surface area contributed by atoms with Crippen molar-refractivity contribution in [3.8, 4) is 5.75 Å². The lowest BCUT2D eigenvalue weighted by atomic mass is 10.0. The van der Waals surface area contributed by atoms with Gasteiger partial charge in [-0.15, -0.1) is 11.3 Å². The summed E-state index contributed by atoms with van der Waals surface area (Å²) in [6.45, 7) is 2.96. The molecule has 1 N–H and O–H groups in total. The fourth-order valence-electron chi connectivity index (χ4n) is 2.16. The number of nitrogens with one attached hydrogen (secondary N) is 1. The van der Waals surface area contributed by atoms with E-state index in [4.69, 9.17) is 27.9 Å². The second-order valence-electron chi connectivity index (χ2n) is 4.45. The van der Waals surface area contributed by atoms with Crippen molar-refractivity contribution in [2.24, 2.45) is 0 Å². The summed E-state index contributed by atoms with van der Waals surface area (Å²) in [5.41, 5.74) is 2.26. The molecule has 0 aliphatic carbocycles. The van der Waals surface area contributed by atoms with E-state index in [1.165, 1.54) is 16.9 Å². The summed E-state index contributed by atoms with van der Waals surface area (Å²) in [7, 11) is 1.68. The summed E-state index contributed by atoms with van der Waals surface area (Å²) >= 11 is 13.7. The first-order valence-electron chi connectivity index (χ1n) is 6.45. The molecule has 0 fully saturated rings. The van der Waals surface area contributed by atoms with Crippen LogP contribution in [0.2, 0.25) is 8.67 Å². The Hall–Kier alpha value is -0.740. The van der Waals surface area contributed by atoms with Crippen molar-refractivity contribution >= 4 is 34.5 Å². The molecule has 20 heavy (non-hydrogen) atoms. The number of halogens is 2. The van der Waals surface area contributed by atoms with Crippen molar-refractivity contribution < 1.29 is 4.74 Å². The zero-order chi connectivity index (χ0) is 14.5. The van der Waals surface area contributed by atoms with E-state index in [2.05, 4.69) is 18.3 Å². The highest BCUT2D eigenvalue weighted by molar-refractivity contribution is 7.20. The first kappa shape index (κ1) is 15.6. The number of hydrogen-bond acceptors (Lipinski definition) is 3. The first-order chi connectivity index (χ1) is 9.63. The van der Waals surface area contributed by atoms with E-state index in [9.17, 15) is 0 Å². The zero-order valence-corrected chi connectivity index (χ0v) is 13.8. The quantitative estimate of drug-likeness (QED) is 0.808. The van der Waals surface area contributed by atoms with Crippen LogP contribution in [0.25, 0.3) is 0 Å². The summed E-state index contributed by atoms with van der Waals surface area (Å²) in [5, 5.41) is 3.46. The summed E-state index contributed by atoms with van der Waals surface area (Å²) in [5.74, 6) is 0.868. The van der Waals surface area contributed by atoms with Crippen LogP contribution in [0, 0.1) is 0 Å². The Bertz CT molecular complexity index is 571. The first-order valence-corrected chi connectivity index (χ1v) is 8.02. The smallest absolute Gasteiger partial charge is 0.119 e. The van der Waals surface area contributed by atoms with Gasteiger partial charge in [-0.1, -0.05) is 42.3 Å². The average molecular weight is 330 g/mol. The number of ether oxygens (including phenoxy) is 1. The predicted molar refractivity (Wildman–Crippen MR) is 87.5 cm³/mol. The number of methoxy groups -OCH3 is 1. The minimum atomic E-state index is 0.156. The third-order valence-electron chi connectivity index (χ3n) is 3.08. The summed E-state index contributed by atoms with van der Waals surface area (Å²) in [4.78, 5) is 0. The van der Waals surface area contributed by atoms with Crippen molar-refractivity contribution in [3.05, 3.63) is 50.1 Å². The fraction of sp³-hybridized carbons (Fsp3) is 0.333. The van der Waals surface area contributed by atoms with Crippen LogP contribution in [-0.4, -0.2) is 13.7 Å². The highest BCUT2D eigenvalue weighted by Gasteiger charge is 2.17. The van der Waals surface area contributed by atoms with E-state index in [1.807, 2.05) is 24.3 Å². The van der Waals surface area contributed by atoms with Gasteiger partial charge in [-0.3, -0.25) is 0 Å². The van der Waals surface area contributed by atoms with Gasteiger partial charge in [0.25, 0.3) is 0 Å². The molecule has 2 aromatic rings. The molecular formula is C15H17Cl2NOS. The SMILES string of the molecule is CCNC(Cc1cccc(OC)c1)c1cc(Cl)sc1Cl. The molecule has 1 heterocycles. The van der Waals surface area contributed by atoms with Gasteiger partial charge in [0.1, 0.15) is 5.75 Å². The second-order valence-corrected chi connectivity index (χ2v) is 6.73. The standard InChI is InChI=1S/C15H17Cl2NOS/c1-3-18-13(12-9-14(16)20-15(12)17)8-10-5-4-6-11(7-10)19-2/h4-7,9,13,18H,3,8H2,1-2H3. The second kappa shape index (κ2) is 7.32. The molecule has 0 saturated heterocycles. The van der Waals surface area contributed by atoms with Gasteiger partial charge in [0.2, 0.25) is 0 Å². The van der Waals surface area contributed by atoms with Crippen molar-refractivity contribution in [2.75, 3.05) is 13.7 Å². The molecular weight excluding hydrogens is 313 g/mol. The van der Waals surface area contributed by atoms with E-state index in [-0.39, 0.29) is 6.04 Å². The number of benzene rings is 1. The van der Waals surface area contributed by atoms with Gasteiger partial charge in [-0.25, -0.2) is 0 Å². The molecule has 0 radical (unpaired) electrons. The molecule has 2 nitrogen and oxygen atoms in total. The molecule has 1 unspecified atom stereocenters. The molecule has 1 atom stereocenters. The van der Waals surface area contributed by atoms with Crippen LogP contribution in [0.1, 0.15) is 24.1 Å². The van der Waals surface area contributed by atoms with Gasteiger partial charge in [0, 0.05) is 11.6 Å². The van der Waals surface area contributed by atoms with Crippen molar-refractivity contribution in [1.29, 1.82) is 0 Å². The number of likely N-dealkylation sites (N-methyl/N-ethyl adjacent to an activating group) is 1. The molecule has 0 spiro atoms. The Morgan fingerprint density at radius 3 is 2.70 bits per heavy atom. The van der Waals surface area contributed by atoms with E-state index < -0.39 is 0 Å². The zero-order valence-electron chi connectivity index (χ0n) is 11.5. The maximum absolute atomic E-state index is 6.27. The van der Waals surface area contributed by atoms with Gasteiger partial charge < -0.3 is 10.1 Å². The monoisotopic (exact) mass is 329 g/mol. The van der Waals surface area contributed by atoms with E-state index in [0.29, 0.717) is 0 Å². The van der Waals surface area contributed by atoms with Gasteiger partial charge in [0.05, 0.1) is 15.8 Å². The van der Waals surface area contributed by atoms with Crippen LogP contribution in [-0.2, 0) is 6.42 Å². The van der Waals surface area contributed by atoms with Crippen LogP contribution in [0.4, 0.5) is 0 Å². The van der Waals surface area contributed by atoms with Crippen LogP contribution in [0.15, 0.2) is 30.3 Å². The lowest BCUT2D eigenvalue weighted by Gasteiger charge is -2.18. The summed E-state index contributed by atoms with van der Waals surface area (Å²) < 4.78 is 6.74. The average Bonchev–Trinajstić information content (AvgIpc) is 2.77. The fourth-order valence-corrected chi connectivity index (χ4v) is 3.74. The molecule has 1 aromatic heterocycles.